The van der Waals surface area contributed by atoms with Gasteiger partial charge in [-0.25, -0.2) is 4.79 Å². The number of benzene rings is 1. The van der Waals surface area contributed by atoms with Gasteiger partial charge >= 0.3 is 6.03 Å². The Hall–Kier alpha value is -3.10. The molecular formula is C25H36N4O5. The van der Waals surface area contributed by atoms with Gasteiger partial charge in [-0.05, 0) is 55.2 Å². The van der Waals surface area contributed by atoms with E-state index in [1.165, 1.54) is 18.1 Å². The summed E-state index contributed by atoms with van der Waals surface area (Å²) in [7, 11) is 4.72. The Balaban J connectivity index is 1.69. The molecule has 0 aromatic heterocycles. The van der Waals surface area contributed by atoms with Gasteiger partial charge in [0, 0.05) is 19.7 Å². The van der Waals surface area contributed by atoms with E-state index in [1.54, 1.807) is 26.2 Å². The standard InChI is InChI=1S/C25H36N4O5/c1-7-24(2,3)17-10-12-25(13-11-17)22(32)29(23(33)27-25)15-20(30)26-18-14-16(21(31)28(4)5)8-9-19(18)34-6/h8-9,14,17H,7,10-13,15H2,1-6H3,(H,26,30)(H,27,33). The van der Waals surface area contributed by atoms with Crippen LogP contribution in [0, 0.1) is 11.3 Å². The second-order valence-corrected chi connectivity index (χ2v) is 10.2. The molecule has 1 aliphatic heterocycles. The Labute approximate surface area is 201 Å². The Kier molecular flexibility index (Phi) is 7.24. The number of ether oxygens (including phenoxy) is 1. The summed E-state index contributed by atoms with van der Waals surface area (Å²) in [5, 5.41) is 5.55. The Morgan fingerprint density at radius 2 is 1.88 bits per heavy atom. The predicted octanol–water partition coefficient (Wildman–Crippen LogP) is 3.25. The van der Waals surface area contributed by atoms with Crippen LogP contribution in [0.25, 0.3) is 0 Å². The number of urea groups is 1. The zero-order valence-electron chi connectivity index (χ0n) is 21.0. The van der Waals surface area contributed by atoms with E-state index in [0.717, 1.165) is 24.2 Å². The maximum atomic E-state index is 13.2. The lowest BCUT2D eigenvalue weighted by molar-refractivity contribution is -0.135. The number of hydrogen-bond acceptors (Lipinski definition) is 5. The van der Waals surface area contributed by atoms with Crippen molar-refractivity contribution >= 4 is 29.4 Å². The number of methoxy groups -OCH3 is 1. The highest BCUT2D eigenvalue weighted by Gasteiger charge is 2.53. The minimum Gasteiger partial charge on any atom is -0.495 e. The van der Waals surface area contributed by atoms with E-state index >= 15 is 0 Å². The summed E-state index contributed by atoms with van der Waals surface area (Å²) < 4.78 is 5.29. The van der Waals surface area contributed by atoms with Crippen molar-refractivity contribution < 1.29 is 23.9 Å². The zero-order chi connectivity index (χ0) is 25.3. The summed E-state index contributed by atoms with van der Waals surface area (Å²) in [6.07, 6.45) is 3.92. The molecule has 34 heavy (non-hydrogen) atoms. The molecule has 9 nitrogen and oxygen atoms in total. The van der Waals surface area contributed by atoms with Crippen molar-refractivity contribution in [3.05, 3.63) is 23.8 Å². The molecule has 0 radical (unpaired) electrons. The second kappa shape index (κ2) is 9.64. The Bertz CT molecular complexity index is 980. The van der Waals surface area contributed by atoms with Gasteiger partial charge in [0.2, 0.25) is 5.91 Å². The van der Waals surface area contributed by atoms with Gasteiger partial charge in [0.05, 0.1) is 12.8 Å². The summed E-state index contributed by atoms with van der Waals surface area (Å²) in [6, 6.07) is 4.17. The van der Waals surface area contributed by atoms with E-state index in [2.05, 4.69) is 31.4 Å². The quantitative estimate of drug-likeness (QED) is 0.592. The number of imide groups is 1. The second-order valence-electron chi connectivity index (χ2n) is 10.2. The molecule has 1 heterocycles. The van der Waals surface area contributed by atoms with E-state index in [0.29, 0.717) is 35.8 Å². The molecular weight excluding hydrogens is 436 g/mol. The van der Waals surface area contributed by atoms with Crippen LogP contribution in [-0.4, -0.2) is 66.8 Å². The minimum atomic E-state index is -0.923. The molecule has 0 atom stereocenters. The topological polar surface area (TPSA) is 108 Å². The van der Waals surface area contributed by atoms with Crippen LogP contribution in [-0.2, 0) is 9.59 Å². The fourth-order valence-electron chi connectivity index (χ4n) is 4.87. The normalized spacial score (nSPS) is 22.5. The van der Waals surface area contributed by atoms with Crippen LogP contribution in [0.1, 0.15) is 63.2 Å². The molecule has 1 saturated heterocycles. The molecule has 1 aromatic carbocycles. The van der Waals surface area contributed by atoms with Crippen LogP contribution < -0.4 is 15.4 Å². The molecule has 5 amide bonds. The van der Waals surface area contributed by atoms with Gasteiger partial charge < -0.3 is 20.3 Å². The van der Waals surface area contributed by atoms with Crippen molar-refractivity contribution in [2.45, 2.75) is 58.4 Å². The lowest BCUT2D eigenvalue weighted by atomic mass is 9.65. The van der Waals surface area contributed by atoms with E-state index in [4.69, 9.17) is 4.74 Å². The van der Waals surface area contributed by atoms with Crippen LogP contribution in [0.15, 0.2) is 18.2 Å². The molecule has 2 fully saturated rings. The first-order valence-corrected chi connectivity index (χ1v) is 11.8. The van der Waals surface area contributed by atoms with Gasteiger partial charge in [-0.1, -0.05) is 27.2 Å². The van der Waals surface area contributed by atoms with Crippen molar-refractivity contribution in [3.63, 3.8) is 0 Å². The van der Waals surface area contributed by atoms with E-state index in [9.17, 15) is 19.2 Å². The number of hydrogen-bond donors (Lipinski definition) is 2. The van der Waals surface area contributed by atoms with Crippen molar-refractivity contribution in [1.82, 2.24) is 15.1 Å². The third-order valence-electron chi connectivity index (χ3n) is 7.53. The summed E-state index contributed by atoms with van der Waals surface area (Å²) in [5.74, 6) is -0.252. The highest BCUT2D eigenvalue weighted by Crippen LogP contribution is 2.45. The summed E-state index contributed by atoms with van der Waals surface area (Å²) in [4.78, 5) is 53.4. The SMILES string of the molecule is CCC(C)(C)C1CCC2(CC1)NC(=O)N(CC(=O)Nc1cc(C(=O)N(C)C)ccc1OC)C2=O. The third kappa shape index (κ3) is 4.88. The molecule has 1 aromatic rings. The maximum Gasteiger partial charge on any atom is 0.325 e. The fraction of sp³-hybridized carbons (Fsp3) is 0.600. The molecule has 0 unspecified atom stereocenters. The predicted molar refractivity (Wildman–Crippen MR) is 129 cm³/mol. The average molecular weight is 473 g/mol. The average Bonchev–Trinajstić information content (AvgIpc) is 3.02. The summed E-state index contributed by atoms with van der Waals surface area (Å²) in [6.45, 7) is 6.26. The smallest absolute Gasteiger partial charge is 0.325 e. The Morgan fingerprint density at radius 3 is 2.44 bits per heavy atom. The number of nitrogens with zero attached hydrogens (tertiary/aromatic N) is 2. The van der Waals surface area contributed by atoms with Crippen LogP contribution in [0.3, 0.4) is 0 Å². The minimum absolute atomic E-state index is 0.189. The van der Waals surface area contributed by atoms with Crippen LogP contribution >= 0.6 is 0 Å². The highest BCUT2D eigenvalue weighted by atomic mass is 16.5. The van der Waals surface area contributed by atoms with E-state index < -0.39 is 24.0 Å². The molecule has 3 rings (SSSR count). The third-order valence-corrected chi connectivity index (χ3v) is 7.53. The van der Waals surface area contributed by atoms with Gasteiger partial charge in [-0.3, -0.25) is 19.3 Å². The van der Waals surface area contributed by atoms with Crippen molar-refractivity contribution in [3.8, 4) is 5.75 Å². The molecule has 186 valence electrons. The lowest BCUT2D eigenvalue weighted by Crippen LogP contribution is -2.51. The van der Waals surface area contributed by atoms with Gasteiger partial charge in [0.1, 0.15) is 17.8 Å². The number of carbonyl (C=O) groups is 4. The Morgan fingerprint density at radius 1 is 1.24 bits per heavy atom. The first-order valence-electron chi connectivity index (χ1n) is 11.8. The van der Waals surface area contributed by atoms with Crippen molar-refractivity contribution in [2.75, 3.05) is 33.1 Å². The first-order chi connectivity index (χ1) is 15.9. The van der Waals surface area contributed by atoms with Gasteiger partial charge in [0.25, 0.3) is 11.8 Å². The van der Waals surface area contributed by atoms with Crippen LogP contribution in [0.4, 0.5) is 10.5 Å². The number of nitrogens with one attached hydrogen (secondary N) is 2. The fourth-order valence-corrected chi connectivity index (χ4v) is 4.87. The zero-order valence-corrected chi connectivity index (χ0v) is 21.0. The van der Waals surface area contributed by atoms with Crippen molar-refractivity contribution in [1.29, 1.82) is 0 Å². The van der Waals surface area contributed by atoms with E-state index in [1.807, 2.05) is 0 Å². The van der Waals surface area contributed by atoms with Gasteiger partial charge in [-0.2, -0.15) is 0 Å². The number of carbonyl (C=O) groups excluding carboxylic acids is 4. The van der Waals surface area contributed by atoms with Crippen LogP contribution in [0.2, 0.25) is 0 Å². The molecule has 1 saturated carbocycles. The van der Waals surface area contributed by atoms with Crippen molar-refractivity contribution in [2.24, 2.45) is 11.3 Å². The lowest BCUT2D eigenvalue weighted by Gasteiger charge is -2.42. The molecule has 2 N–H and O–H groups in total. The summed E-state index contributed by atoms with van der Waals surface area (Å²) in [5.41, 5.74) is -0.0620. The molecule has 0 bridgehead atoms. The number of anilines is 1. The summed E-state index contributed by atoms with van der Waals surface area (Å²) >= 11 is 0. The van der Waals surface area contributed by atoms with Crippen LogP contribution in [0.5, 0.6) is 5.75 Å². The van der Waals surface area contributed by atoms with E-state index in [-0.39, 0.29) is 17.2 Å². The number of amides is 5. The highest BCUT2D eigenvalue weighted by molar-refractivity contribution is 6.10. The maximum absolute atomic E-state index is 13.2. The molecule has 1 aliphatic carbocycles. The largest absolute Gasteiger partial charge is 0.495 e. The van der Waals surface area contributed by atoms with Gasteiger partial charge in [0.15, 0.2) is 0 Å². The molecule has 2 aliphatic rings. The monoisotopic (exact) mass is 472 g/mol. The number of rotatable bonds is 7. The van der Waals surface area contributed by atoms with Gasteiger partial charge in [-0.15, -0.1) is 0 Å². The molecule has 1 spiro atoms. The first kappa shape index (κ1) is 25.5. The molecule has 9 heteroatoms.